The van der Waals surface area contributed by atoms with Crippen molar-refractivity contribution in [2.75, 3.05) is 0 Å². The molecule has 2 N–H and O–H groups in total. The van der Waals surface area contributed by atoms with Gasteiger partial charge in [-0.2, -0.15) is 0 Å². The van der Waals surface area contributed by atoms with Crippen molar-refractivity contribution in [3.8, 4) is 0 Å². The number of aliphatic carboxylic acids is 2. The van der Waals surface area contributed by atoms with E-state index in [1.807, 2.05) is 0 Å². The summed E-state index contributed by atoms with van der Waals surface area (Å²) in [6.45, 7) is 8.21. The summed E-state index contributed by atoms with van der Waals surface area (Å²) in [6, 6.07) is 0.912. The molecule has 0 fully saturated rings. The highest BCUT2D eigenvalue weighted by atomic mass is 28.3. The molecule has 0 saturated heterocycles. The Morgan fingerprint density at radius 1 is 1.12 bits per heavy atom. The SMILES string of the molecule is CC(CCC(=O)O)(CC[Si](C)(C)C)C(=O)O. The summed E-state index contributed by atoms with van der Waals surface area (Å²) in [6.07, 6.45) is 0.710. The van der Waals surface area contributed by atoms with E-state index >= 15 is 0 Å². The second-order valence-electron chi connectivity index (χ2n) is 5.82. The largest absolute Gasteiger partial charge is 0.481 e. The van der Waals surface area contributed by atoms with Gasteiger partial charge in [-0.1, -0.05) is 25.7 Å². The van der Waals surface area contributed by atoms with E-state index in [0.29, 0.717) is 6.42 Å². The Kier molecular flexibility index (Phi) is 5.19. The Labute approximate surface area is 97.7 Å². The highest BCUT2D eigenvalue weighted by molar-refractivity contribution is 6.76. The summed E-state index contributed by atoms with van der Waals surface area (Å²) in [5.74, 6) is -1.81. The van der Waals surface area contributed by atoms with Gasteiger partial charge in [0.25, 0.3) is 0 Å². The predicted octanol–water partition coefficient (Wildman–Crippen LogP) is 2.67. The van der Waals surface area contributed by atoms with Gasteiger partial charge in [0, 0.05) is 14.5 Å². The fourth-order valence-electron chi connectivity index (χ4n) is 1.37. The third kappa shape index (κ3) is 5.90. The highest BCUT2D eigenvalue weighted by Gasteiger charge is 2.34. The van der Waals surface area contributed by atoms with Gasteiger partial charge in [-0.15, -0.1) is 0 Å². The van der Waals surface area contributed by atoms with Crippen molar-refractivity contribution in [2.45, 2.75) is 51.9 Å². The molecule has 0 bridgehead atoms. The molecule has 0 radical (unpaired) electrons. The lowest BCUT2D eigenvalue weighted by molar-refractivity contribution is -0.149. The Bertz CT molecular complexity index is 270. The molecule has 94 valence electrons. The molecule has 0 aliphatic carbocycles. The highest BCUT2D eigenvalue weighted by Crippen LogP contribution is 2.32. The molecule has 1 atom stereocenters. The maximum Gasteiger partial charge on any atom is 0.309 e. The minimum absolute atomic E-state index is 0.0749. The summed E-state index contributed by atoms with van der Waals surface area (Å²) >= 11 is 0. The quantitative estimate of drug-likeness (QED) is 0.677. The Hall–Kier alpha value is -0.843. The van der Waals surface area contributed by atoms with Crippen LogP contribution in [0.25, 0.3) is 0 Å². The number of rotatable bonds is 7. The summed E-state index contributed by atoms with van der Waals surface area (Å²) < 4.78 is 0. The molecule has 16 heavy (non-hydrogen) atoms. The predicted molar refractivity (Wildman–Crippen MR) is 65.4 cm³/mol. The summed E-state index contributed by atoms with van der Waals surface area (Å²) in [5.41, 5.74) is -0.890. The first-order chi connectivity index (χ1) is 7.07. The fraction of sp³-hybridized carbons (Fsp3) is 0.818. The van der Waals surface area contributed by atoms with Gasteiger partial charge in [0.2, 0.25) is 0 Å². The minimum Gasteiger partial charge on any atom is -0.481 e. The zero-order valence-corrected chi connectivity index (χ0v) is 11.5. The van der Waals surface area contributed by atoms with Crippen LogP contribution in [0.2, 0.25) is 25.7 Å². The van der Waals surface area contributed by atoms with E-state index < -0.39 is 25.4 Å². The molecule has 4 nitrogen and oxygen atoms in total. The van der Waals surface area contributed by atoms with E-state index in [9.17, 15) is 9.59 Å². The smallest absolute Gasteiger partial charge is 0.309 e. The number of carboxylic acid groups (broad SMARTS) is 2. The molecule has 0 aliphatic heterocycles. The molecular weight excluding hydrogens is 224 g/mol. The molecule has 0 aromatic carbocycles. The number of hydrogen-bond acceptors (Lipinski definition) is 2. The molecule has 0 aliphatic rings. The van der Waals surface area contributed by atoms with Crippen LogP contribution in [0.1, 0.15) is 26.2 Å². The minimum atomic E-state index is -1.28. The second kappa shape index (κ2) is 5.47. The van der Waals surface area contributed by atoms with Gasteiger partial charge in [0.1, 0.15) is 0 Å². The van der Waals surface area contributed by atoms with Gasteiger partial charge < -0.3 is 10.2 Å². The van der Waals surface area contributed by atoms with Crippen molar-refractivity contribution in [3.63, 3.8) is 0 Å². The lowest BCUT2D eigenvalue weighted by atomic mass is 9.83. The molecule has 0 aromatic rings. The number of carbonyl (C=O) groups is 2. The maximum absolute atomic E-state index is 11.2. The summed E-state index contributed by atoms with van der Waals surface area (Å²) in [5, 5.41) is 17.8. The molecular formula is C11H22O4Si. The van der Waals surface area contributed by atoms with Crippen LogP contribution in [0.15, 0.2) is 0 Å². The summed E-state index contributed by atoms with van der Waals surface area (Å²) in [7, 11) is -1.28. The van der Waals surface area contributed by atoms with Crippen LogP contribution >= 0.6 is 0 Å². The van der Waals surface area contributed by atoms with E-state index in [4.69, 9.17) is 10.2 Å². The van der Waals surface area contributed by atoms with Crippen molar-refractivity contribution in [1.29, 1.82) is 0 Å². The normalized spacial score (nSPS) is 15.5. The molecule has 0 rings (SSSR count). The van der Waals surface area contributed by atoms with Gasteiger partial charge in [-0.3, -0.25) is 9.59 Å². The number of carboxylic acids is 2. The lowest BCUT2D eigenvalue weighted by Gasteiger charge is -2.27. The van der Waals surface area contributed by atoms with Crippen LogP contribution in [-0.2, 0) is 9.59 Å². The zero-order chi connectivity index (χ0) is 13.0. The van der Waals surface area contributed by atoms with Crippen molar-refractivity contribution >= 4 is 20.0 Å². The second-order valence-corrected chi connectivity index (χ2v) is 11.4. The summed E-state index contributed by atoms with van der Waals surface area (Å²) in [4.78, 5) is 21.7. The van der Waals surface area contributed by atoms with Crippen molar-refractivity contribution in [2.24, 2.45) is 5.41 Å². The van der Waals surface area contributed by atoms with Gasteiger partial charge in [-0.05, 0) is 19.8 Å². The first-order valence-corrected chi connectivity index (χ1v) is 9.23. The van der Waals surface area contributed by atoms with Crippen molar-refractivity contribution < 1.29 is 19.8 Å². The zero-order valence-electron chi connectivity index (χ0n) is 10.5. The topological polar surface area (TPSA) is 74.6 Å². The molecule has 1 unspecified atom stereocenters. The Balaban J connectivity index is 4.46. The molecule has 0 spiro atoms. The van der Waals surface area contributed by atoms with Crippen molar-refractivity contribution in [3.05, 3.63) is 0 Å². The lowest BCUT2D eigenvalue weighted by Crippen LogP contribution is -2.32. The molecule has 0 amide bonds. The van der Waals surface area contributed by atoms with Gasteiger partial charge in [0.05, 0.1) is 5.41 Å². The van der Waals surface area contributed by atoms with Gasteiger partial charge >= 0.3 is 11.9 Å². The first-order valence-electron chi connectivity index (χ1n) is 5.52. The van der Waals surface area contributed by atoms with Crippen LogP contribution in [0.3, 0.4) is 0 Å². The van der Waals surface area contributed by atoms with Crippen LogP contribution < -0.4 is 0 Å². The third-order valence-electron chi connectivity index (χ3n) is 2.83. The maximum atomic E-state index is 11.2. The first kappa shape index (κ1) is 15.2. The van der Waals surface area contributed by atoms with E-state index in [2.05, 4.69) is 19.6 Å². The third-order valence-corrected chi connectivity index (χ3v) is 4.58. The van der Waals surface area contributed by atoms with Crippen LogP contribution in [-0.4, -0.2) is 30.2 Å². The average Bonchev–Trinajstić information content (AvgIpc) is 2.10. The standard InChI is InChI=1S/C11H22O4Si/c1-11(10(14)15,6-5-9(12)13)7-8-16(2,3)4/h5-8H2,1-4H3,(H,12,13)(H,14,15). The van der Waals surface area contributed by atoms with E-state index in [1.165, 1.54) is 0 Å². The molecule has 0 saturated carbocycles. The van der Waals surface area contributed by atoms with Crippen LogP contribution in [0, 0.1) is 5.41 Å². The van der Waals surface area contributed by atoms with Crippen LogP contribution in [0.5, 0.6) is 0 Å². The van der Waals surface area contributed by atoms with E-state index in [0.717, 1.165) is 6.04 Å². The molecule has 0 heterocycles. The van der Waals surface area contributed by atoms with Crippen LogP contribution in [0.4, 0.5) is 0 Å². The monoisotopic (exact) mass is 246 g/mol. The van der Waals surface area contributed by atoms with Crippen molar-refractivity contribution in [1.82, 2.24) is 0 Å². The average molecular weight is 246 g/mol. The Morgan fingerprint density at radius 2 is 1.62 bits per heavy atom. The number of hydrogen-bond donors (Lipinski definition) is 2. The fourth-order valence-corrected chi connectivity index (χ4v) is 2.67. The van der Waals surface area contributed by atoms with Gasteiger partial charge in [0.15, 0.2) is 0 Å². The van der Waals surface area contributed by atoms with E-state index in [1.54, 1.807) is 6.92 Å². The van der Waals surface area contributed by atoms with Gasteiger partial charge in [-0.25, -0.2) is 0 Å². The molecule has 0 aromatic heterocycles. The Morgan fingerprint density at radius 3 is 1.94 bits per heavy atom. The van der Waals surface area contributed by atoms with E-state index in [-0.39, 0.29) is 12.8 Å². The molecule has 5 heteroatoms.